The Morgan fingerprint density at radius 3 is 2.48 bits per heavy atom. The molecule has 0 atom stereocenters. The van der Waals surface area contributed by atoms with Crippen molar-refractivity contribution in [1.82, 2.24) is 15.2 Å². The molecule has 158 valence electrons. The van der Waals surface area contributed by atoms with E-state index in [0.717, 1.165) is 23.2 Å². The first kappa shape index (κ1) is 20.5. The average molecular weight is 439 g/mol. The van der Waals surface area contributed by atoms with Crippen LogP contribution in [0.4, 0.5) is 15.8 Å². The van der Waals surface area contributed by atoms with Gasteiger partial charge in [-0.15, -0.1) is 0 Å². The summed E-state index contributed by atoms with van der Waals surface area (Å²) in [5, 5.41) is 10.4. The van der Waals surface area contributed by atoms with E-state index >= 15 is 0 Å². The predicted molar refractivity (Wildman–Crippen MR) is 115 cm³/mol. The number of carbonyl (C=O) groups excluding carboxylic acids is 1. The molecule has 31 heavy (non-hydrogen) atoms. The van der Waals surface area contributed by atoms with Crippen LogP contribution in [0, 0.1) is 19.7 Å². The molecular weight excluding hydrogens is 421 g/mol. The number of aryl methyl sites for hydroxylation is 2. The number of fused-ring (bicyclic) bond motifs is 1. The molecule has 0 spiro atoms. The normalized spacial score (nSPS) is 11.5. The number of anilines is 2. The summed E-state index contributed by atoms with van der Waals surface area (Å²) in [6, 6.07) is 11.2. The first-order valence-corrected chi connectivity index (χ1v) is 10.7. The van der Waals surface area contributed by atoms with Gasteiger partial charge >= 0.3 is 0 Å². The fourth-order valence-electron chi connectivity index (χ4n) is 3.11. The quantitative estimate of drug-likeness (QED) is 0.438. The molecule has 0 aliphatic carbocycles. The Kier molecular flexibility index (Phi) is 5.15. The van der Waals surface area contributed by atoms with E-state index in [9.17, 15) is 17.6 Å². The molecule has 0 saturated heterocycles. The number of halogens is 1. The van der Waals surface area contributed by atoms with Crippen LogP contribution in [-0.4, -0.2) is 29.5 Å². The number of aromatic nitrogens is 3. The minimum absolute atomic E-state index is 0.0202. The second-order valence-electron chi connectivity index (χ2n) is 6.99. The highest BCUT2D eigenvalue weighted by molar-refractivity contribution is 7.92. The number of aromatic amines is 1. The summed E-state index contributed by atoms with van der Waals surface area (Å²) in [5.41, 5.74) is 2.82. The van der Waals surface area contributed by atoms with E-state index in [0.29, 0.717) is 22.5 Å². The van der Waals surface area contributed by atoms with Crippen LogP contribution in [0.1, 0.15) is 21.6 Å². The highest BCUT2D eigenvalue weighted by Crippen LogP contribution is 2.21. The van der Waals surface area contributed by atoms with Gasteiger partial charge < -0.3 is 5.32 Å². The molecular formula is C21H18FN5O3S. The number of sulfonamides is 1. The molecule has 2 heterocycles. The van der Waals surface area contributed by atoms with Gasteiger partial charge in [0.15, 0.2) is 5.65 Å². The van der Waals surface area contributed by atoms with Crippen LogP contribution in [0.25, 0.3) is 11.0 Å². The van der Waals surface area contributed by atoms with Crippen molar-refractivity contribution < 1.29 is 17.6 Å². The Morgan fingerprint density at radius 2 is 1.77 bits per heavy atom. The van der Waals surface area contributed by atoms with Crippen LogP contribution in [0.3, 0.4) is 0 Å². The molecule has 8 nitrogen and oxygen atoms in total. The van der Waals surface area contributed by atoms with Gasteiger partial charge in [-0.05, 0) is 67.9 Å². The highest BCUT2D eigenvalue weighted by atomic mass is 32.2. The lowest BCUT2D eigenvalue weighted by Gasteiger charge is -2.11. The molecule has 10 heteroatoms. The van der Waals surface area contributed by atoms with E-state index in [4.69, 9.17) is 0 Å². The van der Waals surface area contributed by atoms with Crippen molar-refractivity contribution in [3.05, 3.63) is 77.4 Å². The van der Waals surface area contributed by atoms with Gasteiger partial charge in [-0.25, -0.2) is 17.8 Å². The maximum Gasteiger partial charge on any atom is 0.262 e. The number of carbonyl (C=O) groups is 1. The molecule has 0 fully saturated rings. The van der Waals surface area contributed by atoms with Crippen molar-refractivity contribution in [2.75, 3.05) is 10.0 Å². The lowest BCUT2D eigenvalue weighted by atomic mass is 10.2. The molecule has 3 N–H and O–H groups in total. The maximum atomic E-state index is 13.3. The van der Waals surface area contributed by atoms with E-state index in [1.807, 2.05) is 6.92 Å². The standard InChI is InChI=1S/C21H18FN5O3S/c1-12-9-15(22)5-8-19(12)31(29,30)27-16-6-3-14(4-7-16)21(28)24-17-10-18-13(2)25-26-20(18)23-11-17/h3-11,27H,1-2H3,(H,24,28)(H,23,25,26). The molecule has 0 bridgehead atoms. The number of nitrogens with zero attached hydrogens (tertiary/aromatic N) is 2. The van der Waals surface area contributed by atoms with Crippen LogP contribution < -0.4 is 10.0 Å². The Balaban J connectivity index is 1.49. The Labute approximate surface area is 177 Å². The summed E-state index contributed by atoms with van der Waals surface area (Å²) in [5.74, 6) is -0.879. The number of amides is 1. The van der Waals surface area contributed by atoms with Crippen LogP contribution in [0.2, 0.25) is 0 Å². The lowest BCUT2D eigenvalue weighted by Crippen LogP contribution is -2.15. The van der Waals surface area contributed by atoms with E-state index in [1.54, 1.807) is 6.07 Å². The number of hydrogen-bond donors (Lipinski definition) is 3. The zero-order valence-electron chi connectivity index (χ0n) is 16.6. The van der Waals surface area contributed by atoms with Gasteiger partial charge in [0.25, 0.3) is 15.9 Å². The number of H-pyrrole nitrogens is 1. The SMILES string of the molecule is Cc1cc(F)ccc1S(=O)(=O)Nc1ccc(C(=O)Nc2cnc3n[nH]c(C)c3c2)cc1. The number of rotatable bonds is 5. The summed E-state index contributed by atoms with van der Waals surface area (Å²) in [7, 11) is -3.90. The number of hydrogen-bond acceptors (Lipinski definition) is 5. The van der Waals surface area contributed by atoms with Crippen LogP contribution in [0.15, 0.2) is 59.6 Å². The largest absolute Gasteiger partial charge is 0.321 e. The third-order valence-electron chi connectivity index (χ3n) is 4.68. The van der Waals surface area contributed by atoms with E-state index in [2.05, 4.69) is 25.2 Å². The molecule has 0 radical (unpaired) electrons. The first-order chi connectivity index (χ1) is 14.7. The molecule has 0 aliphatic rings. The number of nitrogens with one attached hydrogen (secondary N) is 3. The Hall–Kier alpha value is -3.79. The summed E-state index contributed by atoms with van der Waals surface area (Å²) < 4.78 is 40.8. The van der Waals surface area contributed by atoms with E-state index in [1.165, 1.54) is 43.5 Å². The van der Waals surface area contributed by atoms with Crippen molar-refractivity contribution in [2.45, 2.75) is 18.7 Å². The van der Waals surface area contributed by atoms with Gasteiger partial charge in [0, 0.05) is 22.3 Å². The van der Waals surface area contributed by atoms with Crippen LogP contribution in [-0.2, 0) is 10.0 Å². The Morgan fingerprint density at radius 1 is 1.03 bits per heavy atom. The molecule has 4 aromatic rings. The highest BCUT2D eigenvalue weighted by Gasteiger charge is 2.18. The zero-order chi connectivity index (χ0) is 22.2. The minimum atomic E-state index is -3.90. The van der Waals surface area contributed by atoms with Crippen LogP contribution in [0.5, 0.6) is 0 Å². The zero-order valence-corrected chi connectivity index (χ0v) is 17.4. The third kappa shape index (κ3) is 4.24. The summed E-state index contributed by atoms with van der Waals surface area (Å²) >= 11 is 0. The van der Waals surface area contributed by atoms with Gasteiger partial charge in [0.1, 0.15) is 5.82 Å². The smallest absolute Gasteiger partial charge is 0.262 e. The molecule has 0 unspecified atom stereocenters. The van der Waals surface area contributed by atoms with Gasteiger partial charge in [0.05, 0.1) is 16.8 Å². The van der Waals surface area contributed by atoms with Crippen LogP contribution >= 0.6 is 0 Å². The summed E-state index contributed by atoms with van der Waals surface area (Å²) in [6.45, 7) is 3.37. The number of pyridine rings is 1. The monoisotopic (exact) mass is 439 g/mol. The molecule has 0 saturated carbocycles. The fourth-order valence-corrected chi connectivity index (χ4v) is 4.39. The van der Waals surface area contributed by atoms with Crippen molar-refractivity contribution in [1.29, 1.82) is 0 Å². The van der Waals surface area contributed by atoms with Gasteiger partial charge in [-0.2, -0.15) is 5.10 Å². The van der Waals surface area contributed by atoms with Gasteiger partial charge in [-0.3, -0.25) is 14.6 Å². The van der Waals surface area contributed by atoms with Crippen molar-refractivity contribution in [3.8, 4) is 0 Å². The Bertz CT molecular complexity index is 1400. The molecule has 1 amide bonds. The fraction of sp³-hybridized carbons (Fsp3) is 0.0952. The molecule has 2 aromatic carbocycles. The van der Waals surface area contributed by atoms with Crippen molar-refractivity contribution in [3.63, 3.8) is 0 Å². The second kappa shape index (κ2) is 7.80. The van der Waals surface area contributed by atoms with Gasteiger partial charge in [-0.1, -0.05) is 0 Å². The second-order valence-corrected chi connectivity index (χ2v) is 8.64. The predicted octanol–water partition coefficient (Wildman–Crippen LogP) is 3.77. The molecule has 2 aromatic heterocycles. The molecule has 4 rings (SSSR count). The minimum Gasteiger partial charge on any atom is -0.321 e. The first-order valence-electron chi connectivity index (χ1n) is 9.24. The van der Waals surface area contributed by atoms with Gasteiger partial charge in [0.2, 0.25) is 0 Å². The average Bonchev–Trinajstić information content (AvgIpc) is 3.08. The third-order valence-corrected chi connectivity index (χ3v) is 6.23. The summed E-state index contributed by atoms with van der Waals surface area (Å²) in [4.78, 5) is 16.7. The van der Waals surface area contributed by atoms with Crippen molar-refractivity contribution in [2.24, 2.45) is 0 Å². The maximum absolute atomic E-state index is 13.3. The topological polar surface area (TPSA) is 117 Å². The summed E-state index contributed by atoms with van der Waals surface area (Å²) in [6.07, 6.45) is 1.51. The van der Waals surface area contributed by atoms with E-state index < -0.39 is 15.8 Å². The number of benzene rings is 2. The molecule has 0 aliphatic heterocycles. The lowest BCUT2D eigenvalue weighted by molar-refractivity contribution is 0.102. The van der Waals surface area contributed by atoms with E-state index in [-0.39, 0.29) is 16.5 Å². The van der Waals surface area contributed by atoms with Crippen molar-refractivity contribution >= 4 is 38.3 Å².